The molecule has 0 bridgehead atoms. The molecule has 4 rings (SSSR count). The van der Waals surface area contributed by atoms with Crippen molar-refractivity contribution in [2.75, 3.05) is 7.11 Å². The van der Waals surface area contributed by atoms with Crippen molar-refractivity contribution in [3.63, 3.8) is 0 Å². The molecule has 0 radical (unpaired) electrons. The van der Waals surface area contributed by atoms with E-state index in [1.165, 1.54) is 25.4 Å². The normalized spacial score (nSPS) is 12.2. The Balaban J connectivity index is 1.69. The molecule has 1 atom stereocenters. The second-order valence-corrected chi connectivity index (χ2v) is 12.5. The second kappa shape index (κ2) is 12.4. The van der Waals surface area contributed by atoms with Crippen molar-refractivity contribution in [1.82, 2.24) is 4.98 Å². The molecular weight excluding hydrogens is 538 g/mol. The van der Waals surface area contributed by atoms with Crippen LogP contribution in [0.3, 0.4) is 0 Å². The summed E-state index contributed by atoms with van der Waals surface area (Å²) in [7, 11) is -2.94. The second-order valence-electron chi connectivity index (χ2n) is 10.4. The van der Waals surface area contributed by atoms with Gasteiger partial charge in [-0.2, -0.15) is 0 Å². The zero-order valence-corrected chi connectivity index (χ0v) is 24.2. The molecule has 8 heteroatoms. The number of aryl methyl sites for hydroxylation is 1. The molecule has 0 aliphatic heterocycles. The molecule has 4 aromatic rings. The third kappa shape index (κ3) is 7.19. The van der Waals surface area contributed by atoms with E-state index in [4.69, 9.17) is 4.74 Å². The van der Waals surface area contributed by atoms with Crippen LogP contribution in [0.4, 0.5) is 0 Å². The van der Waals surface area contributed by atoms with Crippen LogP contribution in [0.2, 0.25) is 0 Å². The average molecular weight is 570 g/mol. The molecule has 7 nitrogen and oxygen atoms in total. The minimum Gasteiger partial charge on any atom is -0.464 e. The zero-order chi connectivity index (χ0) is 29.6. The molecule has 0 saturated carbocycles. The molecule has 210 valence electrons. The van der Waals surface area contributed by atoms with Crippen LogP contribution in [0, 0.1) is 11.8 Å². The summed E-state index contributed by atoms with van der Waals surface area (Å²) >= 11 is 0. The number of hydrogen-bond acceptors (Lipinski definition) is 7. The van der Waals surface area contributed by atoms with E-state index in [-0.39, 0.29) is 22.6 Å². The standard InChI is InChI=1S/C33H31NO6S/c1-33(2,3)40-32(36)30(21-19-25-13-9-12-24-10-5-7-14-27(24)25)41(37,38)29-15-8-6-11-26(29)18-16-23-17-20-28(34-22-23)31(35)39-4/h5-15,17,20,22,30H,19,21H2,1-4H3. The zero-order valence-electron chi connectivity index (χ0n) is 23.4. The van der Waals surface area contributed by atoms with E-state index in [2.05, 4.69) is 21.6 Å². The van der Waals surface area contributed by atoms with Crippen molar-refractivity contribution in [3.05, 3.63) is 107 Å². The molecule has 0 fully saturated rings. The summed E-state index contributed by atoms with van der Waals surface area (Å²) in [4.78, 5) is 29.0. The number of nitrogens with zero attached hydrogens (tertiary/aromatic N) is 1. The van der Waals surface area contributed by atoms with Gasteiger partial charge in [0.05, 0.1) is 12.0 Å². The van der Waals surface area contributed by atoms with Gasteiger partial charge < -0.3 is 9.47 Å². The number of carbonyl (C=O) groups excluding carboxylic acids is 2. The lowest BCUT2D eigenvalue weighted by Crippen LogP contribution is -2.37. The monoisotopic (exact) mass is 569 g/mol. The van der Waals surface area contributed by atoms with Crippen LogP contribution in [-0.2, 0) is 30.5 Å². The predicted molar refractivity (Wildman–Crippen MR) is 157 cm³/mol. The summed E-state index contributed by atoms with van der Waals surface area (Å²) in [5.74, 6) is 4.42. The number of carbonyl (C=O) groups is 2. The molecule has 1 aromatic heterocycles. The van der Waals surface area contributed by atoms with Crippen LogP contribution in [0.1, 0.15) is 54.4 Å². The minimum absolute atomic E-state index is 0.0337. The van der Waals surface area contributed by atoms with Crippen molar-refractivity contribution in [3.8, 4) is 11.8 Å². The predicted octanol–water partition coefficient (Wildman–Crippen LogP) is 5.54. The van der Waals surface area contributed by atoms with Gasteiger partial charge in [0.1, 0.15) is 11.3 Å². The first-order valence-electron chi connectivity index (χ1n) is 13.1. The highest BCUT2D eigenvalue weighted by atomic mass is 32.2. The lowest BCUT2D eigenvalue weighted by atomic mass is 10.00. The summed E-state index contributed by atoms with van der Waals surface area (Å²) in [5, 5.41) is 0.606. The van der Waals surface area contributed by atoms with Gasteiger partial charge in [0, 0.05) is 17.3 Å². The summed E-state index contributed by atoms with van der Waals surface area (Å²) in [5.41, 5.74) is 0.926. The number of pyridine rings is 1. The maximum absolute atomic E-state index is 14.1. The third-order valence-electron chi connectivity index (χ3n) is 6.29. The average Bonchev–Trinajstić information content (AvgIpc) is 2.95. The molecular formula is C33H31NO6S. The SMILES string of the molecule is COC(=O)c1ccc(C#Cc2ccccc2S(=O)(=O)C(CCc2cccc3ccccc23)C(=O)OC(C)(C)C)cn1. The van der Waals surface area contributed by atoms with Gasteiger partial charge in [-0.1, -0.05) is 66.4 Å². The molecule has 0 saturated heterocycles. The van der Waals surface area contributed by atoms with Crippen LogP contribution in [-0.4, -0.2) is 43.3 Å². The van der Waals surface area contributed by atoms with E-state index >= 15 is 0 Å². The van der Waals surface area contributed by atoms with E-state index in [0.29, 0.717) is 12.0 Å². The van der Waals surface area contributed by atoms with Crippen LogP contribution < -0.4 is 0 Å². The van der Waals surface area contributed by atoms with Crippen LogP contribution >= 0.6 is 0 Å². The van der Waals surface area contributed by atoms with Gasteiger partial charge in [-0.3, -0.25) is 4.79 Å². The van der Waals surface area contributed by atoms with Crippen molar-refractivity contribution >= 4 is 32.5 Å². The van der Waals surface area contributed by atoms with E-state index < -0.39 is 32.6 Å². The first kappa shape index (κ1) is 29.5. The fourth-order valence-corrected chi connectivity index (χ4v) is 6.10. The van der Waals surface area contributed by atoms with E-state index in [9.17, 15) is 18.0 Å². The molecule has 3 aromatic carbocycles. The Morgan fingerprint density at radius 3 is 2.32 bits per heavy atom. The molecule has 41 heavy (non-hydrogen) atoms. The Morgan fingerprint density at radius 2 is 1.61 bits per heavy atom. The lowest BCUT2D eigenvalue weighted by molar-refractivity contribution is -0.154. The Hall–Kier alpha value is -4.48. The third-order valence-corrected chi connectivity index (χ3v) is 8.44. The quantitative estimate of drug-likeness (QED) is 0.213. The number of fused-ring (bicyclic) bond motifs is 1. The van der Waals surface area contributed by atoms with E-state index in [0.717, 1.165) is 16.3 Å². The van der Waals surface area contributed by atoms with Gasteiger partial charge in [-0.15, -0.1) is 0 Å². The summed E-state index contributed by atoms with van der Waals surface area (Å²) in [6.07, 6.45) is 1.80. The lowest BCUT2D eigenvalue weighted by Gasteiger charge is -2.24. The Labute approximate surface area is 240 Å². The Morgan fingerprint density at radius 1 is 0.902 bits per heavy atom. The fraction of sp³-hybridized carbons (Fsp3) is 0.242. The number of aromatic nitrogens is 1. The highest BCUT2D eigenvalue weighted by Gasteiger charge is 2.38. The smallest absolute Gasteiger partial charge is 0.356 e. The van der Waals surface area contributed by atoms with Crippen molar-refractivity contribution in [2.45, 2.75) is 49.4 Å². The minimum atomic E-state index is -4.21. The molecule has 0 aliphatic carbocycles. The maximum Gasteiger partial charge on any atom is 0.356 e. The molecule has 0 N–H and O–H groups in total. The van der Waals surface area contributed by atoms with Gasteiger partial charge in [-0.05, 0) is 74.2 Å². The molecule has 0 spiro atoms. The molecule has 0 amide bonds. The van der Waals surface area contributed by atoms with Crippen molar-refractivity contribution < 1.29 is 27.5 Å². The molecule has 1 unspecified atom stereocenters. The number of rotatable bonds is 7. The van der Waals surface area contributed by atoms with Gasteiger partial charge >= 0.3 is 11.9 Å². The fourth-order valence-electron chi connectivity index (χ4n) is 4.37. The maximum atomic E-state index is 14.1. The molecule has 0 aliphatic rings. The van der Waals surface area contributed by atoms with Gasteiger partial charge in [0.15, 0.2) is 15.1 Å². The van der Waals surface area contributed by atoms with Crippen LogP contribution in [0.25, 0.3) is 10.8 Å². The van der Waals surface area contributed by atoms with E-state index in [1.807, 2.05) is 42.5 Å². The van der Waals surface area contributed by atoms with Gasteiger partial charge in [0.25, 0.3) is 0 Å². The number of esters is 2. The first-order chi connectivity index (χ1) is 19.5. The summed E-state index contributed by atoms with van der Waals surface area (Å²) in [6, 6.07) is 23.1. The van der Waals surface area contributed by atoms with Gasteiger partial charge in [0.2, 0.25) is 0 Å². The Bertz CT molecular complexity index is 1740. The number of benzene rings is 3. The number of hydrogen-bond donors (Lipinski definition) is 0. The topological polar surface area (TPSA) is 99.6 Å². The van der Waals surface area contributed by atoms with Crippen molar-refractivity contribution in [2.24, 2.45) is 0 Å². The Kier molecular flexibility index (Phi) is 8.89. The largest absolute Gasteiger partial charge is 0.464 e. The van der Waals surface area contributed by atoms with Crippen molar-refractivity contribution in [1.29, 1.82) is 0 Å². The summed E-state index contributed by atoms with van der Waals surface area (Å²) in [6.45, 7) is 5.12. The summed E-state index contributed by atoms with van der Waals surface area (Å²) < 4.78 is 38.4. The van der Waals surface area contributed by atoms with Crippen LogP contribution in [0.15, 0.2) is 90.0 Å². The highest BCUT2D eigenvalue weighted by molar-refractivity contribution is 7.92. The van der Waals surface area contributed by atoms with E-state index in [1.54, 1.807) is 45.0 Å². The number of ether oxygens (including phenoxy) is 2. The van der Waals surface area contributed by atoms with Gasteiger partial charge in [-0.25, -0.2) is 18.2 Å². The molecule has 1 heterocycles. The highest BCUT2D eigenvalue weighted by Crippen LogP contribution is 2.27. The number of sulfone groups is 1. The number of methoxy groups -OCH3 is 1. The van der Waals surface area contributed by atoms with Crippen LogP contribution in [0.5, 0.6) is 0 Å². The first-order valence-corrected chi connectivity index (χ1v) is 14.6.